The van der Waals surface area contributed by atoms with Crippen molar-refractivity contribution in [1.29, 1.82) is 0 Å². The third kappa shape index (κ3) is 4.98. The summed E-state index contributed by atoms with van der Waals surface area (Å²) in [6, 6.07) is 12.5. The molecule has 8 heteroatoms. The summed E-state index contributed by atoms with van der Waals surface area (Å²) in [6.07, 6.45) is -0.524. The van der Waals surface area contributed by atoms with Gasteiger partial charge in [0.2, 0.25) is 0 Å². The van der Waals surface area contributed by atoms with Gasteiger partial charge in [-0.25, -0.2) is 14.6 Å². The van der Waals surface area contributed by atoms with Crippen LogP contribution in [0.25, 0.3) is 10.2 Å². The SMILES string of the molecule is COC(=O)Nc1ccc(CNC(=O)Nc2ccc3nc(C(C)C)sc3c2)cc1. The van der Waals surface area contributed by atoms with E-state index in [9.17, 15) is 9.59 Å². The molecule has 0 spiro atoms. The van der Waals surface area contributed by atoms with Crippen molar-refractivity contribution in [3.8, 4) is 0 Å². The Labute approximate surface area is 167 Å². The van der Waals surface area contributed by atoms with Crippen LogP contribution in [0.15, 0.2) is 42.5 Å². The minimum absolute atomic E-state index is 0.287. The summed E-state index contributed by atoms with van der Waals surface area (Å²) in [6.45, 7) is 4.59. The molecular weight excluding hydrogens is 376 g/mol. The Balaban J connectivity index is 1.55. The number of aromatic nitrogens is 1. The van der Waals surface area contributed by atoms with Gasteiger partial charge in [-0.3, -0.25) is 5.32 Å². The lowest BCUT2D eigenvalue weighted by Gasteiger charge is -2.09. The molecule has 28 heavy (non-hydrogen) atoms. The largest absolute Gasteiger partial charge is 0.453 e. The fraction of sp³-hybridized carbons (Fsp3) is 0.250. The van der Waals surface area contributed by atoms with Crippen molar-refractivity contribution in [1.82, 2.24) is 10.3 Å². The van der Waals surface area contributed by atoms with Gasteiger partial charge in [-0.15, -0.1) is 11.3 Å². The number of carbonyl (C=O) groups is 2. The van der Waals surface area contributed by atoms with Crippen LogP contribution in [-0.2, 0) is 11.3 Å². The lowest BCUT2D eigenvalue weighted by atomic mass is 10.2. The van der Waals surface area contributed by atoms with Gasteiger partial charge in [0.1, 0.15) is 0 Å². The Bertz CT molecular complexity index is 983. The summed E-state index contributed by atoms with van der Waals surface area (Å²) < 4.78 is 5.59. The minimum Gasteiger partial charge on any atom is -0.453 e. The molecule has 0 atom stereocenters. The van der Waals surface area contributed by atoms with Gasteiger partial charge in [-0.1, -0.05) is 26.0 Å². The summed E-state index contributed by atoms with van der Waals surface area (Å²) in [4.78, 5) is 27.9. The molecule has 0 aliphatic heterocycles. The van der Waals surface area contributed by atoms with Crippen molar-refractivity contribution in [2.75, 3.05) is 17.7 Å². The number of hydrogen-bond donors (Lipinski definition) is 3. The number of amides is 3. The summed E-state index contributed by atoms with van der Waals surface area (Å²) in [5.74, 6) is 0.381. The van der Waals surface area contributed by atoms with Gasteiger partial charge in [0, 0.05) is 23.8 Å². The molecule has 3 amide bonds. The summed E-state index contributed by atoms with van der Waals surface area (Å²) in [7, 11) is 1.31. The van der Waals surface area contributed by atoms with Gasteiger partial charge in [0.15, 0.2) is 0 Å². The number of ether oxygens (including phenoxy) is 1. The lowest BCUT2D eigenvalue weighted by molar-refractivity contribution is 0.187. The number of fused-ring (bicyclic) bond motifs is 1. The Morgan fingerprint density at radius 1 is 1.07 bits per heavy atom. The zero-order valence-electron chi connectivity index (χ0n) is 15.9. The van der Waals surface area contributed by atoms with Crippen molar-refractivity contribution in [3.05, 3.63) is 53.0 Å². The van der Waals surface area contributed by atoms with Crippen LogP contribution < -0.4 is 16.0 Å². The molecule has 0 unspecified atom stereocenters. The Hall–Kier alpha value is -3.13. The van der Waals surface area contributed by atoms with Crippen LogP contribution in [-0.4, -0.2) is 24.2 Å². The Kier molecular flexibility index (Phi) is 6.10. The molecule has 7 nitrogen and oxygen atoms in total. The van der Waals surface area contributed by atoms with Crippen molar-refractivity contribution in [2.24, 2.45) is 0 Å². The summed E-state index contributed by atoms with van der Waals surface area (Å²) in [5.41, 5.74) is 3.20. The first kappa shape index (κ1) is 19.6. The molecule has 2 aromatic carbocycles. The van der Waals surface area contributed by atoms with Crippen LogP contribution in [0, 0.1) is 0 Å². The highest BCUT2D eigenvalue weighted by molar-refractivity contribution is 7.18. The molecule has 0 radical (unpaired) electrons. The average molecular weight is 398 g/mol. The predicted molar refractivity (Wildman–Crippen MR) is 112 cm³/mol. The number of anilines is 2. The first-order valence-electron chi connectivity index (χ1n) is 8.84. The maximum atomic E-state index is 12.2. The molecular formula is C20H22N4O3S. The standard InChI is InChI=1S/C20H22N4O3S/c1-12(2)18-24-16-9-8-15(10-17(16)28-18)22-19(25)21-11-13-4-6-14(7-5-13)23-20(26)27-3/h4-10,12H,11H2,1-3H3,(H,23,26)(H2,21,22,25). The van der Waals surface area contributed by atoms with Crippen LogP contribution in [0.4, 0.5) is 21.0 Å². The van der Waals surface area contributed by atoms with Crippen LogP contribution in [0.1, 0.15) is 30.3 Å². The van der Waals surface area contributed by atoms with E-state index in [-0.39, 0.29) is 6.03 Å². The van der Waals surface area contributed by atoms with Gasteiger partial charge < -0.3 is 15.4 Å². The quantitative estimate of drug-likeness (QED) is 0.569. The maximum Gasteiger partial charge on any atom is 0.411 e. The van der Waals surface area contributed by atoms with E-state index in [4.69, 9.17) is 0 Å². The van der Waals surface area contributed by atoms with E-state index in [0.29, 0.717) is 18.2 Å². The minimum atomic E-state index is -0.524. The second-order valence-electron chi connectivity index (χ2n) is 6.51. The van der Waals surface area contributed by atoms with Crippen LogP contribution in [0.2, 0.25) is 0 Å². The summed E-state index contributed by atoms with van der Waals surface area (Å²) >= 11 is 1.64. The van der Waals surface area contributed by atoms with E-state index in [1.807, 2.05) is 30.3 Å². The number of rotatable bonds is 5. The van der Waals surface area contributed by atoms with Crippen molar-refractivity contribution in [3.63, 3.8) is 0 Å². The number of benzene rings is 2. The predicted octanol–water partition coefficient (Wildman–Crippen LogP) is 4.92. The van der Waals surface area contributed by atoms with Gasteiger partial charge in [0.25, 0.3) is 0 Å². The first-order valence-corrected chi connectivity index (χ1v) is 9.65. The van der Waals surface area contributed by atoms with E-state index in [1.165, 1.54) is 7.11 Å². The monoisotopic (exact) mass is 398 g/mol. The normalized spacial score (nSPS) is 10.7. The van der Waals surface area contributed by atoms with Gasteiger partial charge in [-0.05, 0) is 35.9 Å². The third-order valence-electron chi connectivity index (χ3n) is 4.00. The highest BCUT2D eigenvalue weighted by atomic mass is 32.1. The highest BCUT2D eigenvalue weighted by Crippen LogP contribution is 2.29. The number of nitrogens with one attached hydrogen (secondary N) is 3. The molecule has 0 fully saturated rings. The van der Waals surface area contributed by atoms with Crippen molar-refractivity contribution >= 4 is 45.1 Å². The van der Waals surface area contributed by atoms with E-state index >= 15 is 0 Å². The van der Waals surface area contributed by atoms with Crippen LogP contribution in [0.3, 0.4) is 0 Å². The molecule has 0 bridgehead atoms. The molecule has 1 aromatic heterocycles. The van der Waals surface area contributed by atoms with Gasteiger partial charge in [-0.2, -0.15) is 0 Å². The Morgan fingerprint density at radius 2 is 1.79 bits per heavy atom. The topological polar surface area (TPSA) is 92.4 Å². The fourth-order valence-corrected chi connectivity index (χ4v) is 3.51. The van der Waals surface area contributed by atoms with Crippen molar-refractivity contribution < 1.29 is 14.3 Å². The Morgan fingerprint density at radius 3 is 2.46 bits per heavy atom. The number of hydrogen-bond acceptors (Lipinski definition) is 5. The van der Waals surface area contributed by atoms with Gasteiger partial charge >= 0.3 is 12.1 Å². The molecule has 3 N–H and O–H groups in total. The van der Waals surface area contributed by atoms with E-state index < -0.39 is 6.09 Å². The van der Waals surface area contributed by atoms with Crippen molar-refractivity contribution in [2.45, 2.75) is 26.3 Å². The number of nitrogens with zero attached hydrogens (tertiary/aromatic N) is 1. The molecule has 1 heterocycles. The molecule has 0 saturated heterocycles. The second-order valence-corrected chi connectivity index (χ2v) is 7.57. The smallest absolute Gasteiger partial charge is 0.411 e. The van der Waals surface area contributed by atoms with E-state index in [1.54, 1.807) is 23.5 Å². The molecule has 146 valence electrons. The lowest BCUT2D eigenvalue weighted by Crippen LogP contribution is -2.28. The zero-order valence-corrected chi connectivity index (χ0v) is 16.7. The van der Waals surface area contributed by atoms with E-state index in [2.05, 4.69) is 39.5 Å². The fourth-order valence-electron chi connectivity index (χ4n) is 2.50. The zero-order chi connectivity index (χ0) is 20.1. The van der Waals surface area contributed by atoms with Crippen LogP contribution >= 0.6 is 11.3 Å². The number of thiazole rings is 1. The molecule has 0 aliphatic rings. The first-order chi connectivity index (χ1) is 13.4. The van der Waals surface area contributed by atoms with Gasteiger partial charge in [0.05, 0.1) is 22.3 Å². The maximum absolute atomic E-state index is 12.2. The van der Waals surface area contributed by atoms with Crippen LogP contribution in [0.5, 0.6) is 0 Å². The number of urea groups is 1. The molecule has 3 rings (SSSR count). The molecule has 0 saturated carbocycles. The number of carbonyl (C=O) groups excluding carboxylic acids is 2. The number of methoxy groups -OCH3 is 1. The highest BCUT2D eigenvalue weighted by Gasteiger charge is 2.09. The molecule has 0 aliphatic carbocycles. The average Bonchev–Trinajstić information content (AvgIpc) is 3.11. The third-order valence-corrected chi connectivity index (χ3v) is 5.31. The van der Waals surface area contributed by atoms with E-state index in [0.717, 1.165) is 26.5 Å². The molecule has 3 aromatic rings. The summed E-state index contributed by atoms with van der Waals surface area (Å²) in [5, 5.41) is 9.32. The second kappa shape index (κ2) is 8.71.